The van der Waals surface area contributed by atoms with Crippen molar-refractivity contribution in [1.82, 2.24) is 4.90 Å². The number of nitrogens with zero attached hydrogens (tertiary/aromatic N) is 1. The van der Waals surface area contributed by atoms with Crippen molar-refractivity contribution in [3.8, 4) is 0 Å². The molecule has 34 heavy (non-hydrogen) atoms. The average molecular weight is 569 g/mol. The quantitative estimate of drug-likeness (QED) is 0.293. The van der Waals surface area contributed by atoms with E-state index in [1.54, 1.807) is 42.5 Å². The molecule has 1 heterocycles. The Morgan fingerprint density at radius 3 is 2.03 bits per heavy atom. The van der Waals surface area contributed by atoms with E-state index >= 15 is 0 Å². The van der Waals surface area contributed by atoms with Gasteiger partial charge in [-0.05, 0) is 53.1 Å². The first-order valence-electron chi connectivity index (χ1n) is 9.99. The monoisotopic (exact) mass is 567 g/mol. The van der Waals surface area contributed by atoms with Gasteiger partial charge in [-0.25, -0.2) is 0 Å². The van der Waals surface area contributed by atoms with Crippen LogP contribution in [-0.2, 0) is 6.54 Å². The predicted octanol–water partition coefficient (Wildman–Crippen LogP) is 7.91. The highest BCUT2D eigenvalue weighted by Gasteiger charge is 2.39. The number of carbonyl (C=O) groups is 2. The Kier molecular flexibility index (Phi) is 6.90. The van der Waals surface area contributed by atoms with E-state index in [0.29, 0.717) is 26.7 Å². The fourth-order valence-corrected chi connectivity index (χ4v) is 4.78. The molecule has 174 valence electrons. The van der Waals surface area contributed by atoms with Gasteiger partial charge in [-0.3, -0.25) is 14.5 Å². The van der Waals surface area contributed by atoms with E-state index in [0.717, 1.165) is 11.0 Å². The molecule has 0 radical (unpaired) electrons. The Hall–Kier alpha value is -2.61. The van der Waals surface area contributed by atoms with Crippen molar-refractivity contribution < 1.29 is 22.8 Å². The third-order valence-electron chi connectivity index (χ3n) is 5.36. The minimum absolute atomic E-state index is 0.0309. The highest BCUT2D eigenvalue weighted by molar-refractivity contribution is 9.10. The molecular formula is C25H15BrCl2F3NO2. The lowest BCUT2D eigenvalue weighted by molar-refractivity contribution is -0.139. The van der Waals surface area contributed by atoms with Gasteiger partial charge in [0.1, 0.15) is 0 Å². The molecule has 4 rings (SSSR count). The molecule has 3 nitrogen and oxygen atoms in total. The van der Waals surface area contributed by atoms with Crippen LogP contribution in [0.2, 0.25) is 10.0 Å². The number of rotatable bonds is 5. The summed E-state index contributed by atoms with van der Waals surface area (Å²) in [6.07, 6.45) is -2.16. The summed E-state index contributed by atoms with van der Waals surface area (Å²) in [4.78, 5) is 26.3. The maximum Gasteiger partial charge on any atom is 0.399 e. The molecule has 9 heteroatoms. The highest BCUT2D eigenvalue weighted by Crippen LogP contribution is 2.38. The van der Waals surface area contributed by atoms with E-state index in [2.05, 4.69) is 15.9 Å². The first-order valence-corrected chi connectivity index (χ1v) is 11.5. The van der Waals surface area contributed by atoms with Gasteiger partial charge in [0.05, 0.1) is 23.6 Å². The first-order chi connectivity index (χ1) is 16.0. The number of hydrogen-bond acceptors (Lipinski definition) is 2. The largest absolute Gasteiger partial charge is 0.399 e. The Balaban J connectivity index is 1.56. The van der Waals surface area contributed by atoms with Crippen molar-refractivity contribution in [2.45, 2.75) is 18.6 Å². The minimum Gasteiger partial charge on any atom is -0.270 e. The lowest BCUT2D eigenvalue weighted by Crippen LogP contribution is -2.29. The number of fused-ring (bicyclic) bond motifs is 1. The zero-order chi connectivity index (χ0) is 24.6. The van der Waals surface area contributed by atoms with Gasteiger partial charge in [-0.15, -0.1) is 0 Å². The third-order valence-corrected chi connectivity index (χ3v) is 6.54. The molecule has 0 bridgehead atoms. The number of benzene rings is 3. The molecule has 0 saturated carbocycles. The summed E-state index contributed by atoms with van der Waals surface area (Å²) in [6.45, 7) is 0.0309. The Labute approximate surface area is 211 Å². The van der Waals surface area contributed by atoms with Crippen LogP contribution in [0.3, 0.4) is 0 Å². The van der Waals surface area contributed by atoms with Crippen LogP contribution < -0.4 is 0 Å². The molecule has 0 fully saturated rings. The Morgan fingerprint density at radius 1 is 0.912 bits per heavy atom. The van der Waals surface area contributed by atoms with Crippen LogP contribution in [-0.4, -0.2) is 22.9 Å². The zero-order valence-electron chi connectivity index (χ0n) is 17.2. The standard InChI is InChI=1S/C25H15BrCl2F3NO2/c26-22-9-14(6-8-21(25(29,30)31)16-10-17(27)12-18(28)11-16)5-7-15(22)13-32-23(33)19-3-1-2-4-20(19)24(32)34/h1-12,21H,13H2. The second kappa shape index (κ2) is 9.56. The van der Waals surface area contributed by atoms with Crippen LogP contribution in [0.25, 0.3) is 6.08 Å². The number of alkyl halides is 3. The molecule has 0 aromatic heterocycles. The van der Waals surface area contributed by atoms with Crippen molar-refractivity contribution in [3.63, 3.8) is 0 Å². The third kappa shape index (κ3) is 5.06. The van der Waals surface area contributed by atoms with Crippen molar-refractivity contribution in [2.75, 3.05) is 0 Å². The van der Waals surface area contributed by atoms with Gasteiger partial charge >= 0.3 is 6.18 Å². The van der Waals surface area contributed by atoms with E-state index < -0.39 is 12.1 Å². The normalized spacial score (nSPS) is 14.7. The first kappa shape index (κ1) is 24.5. The van der Waals surface area contributed by atoms with Crippen molar-refractivity contribution in [2.24, 2.45) is 0 Å². The lowest BCUT2D eigenvalue weighted by Gasteiger charge is -2.18. The highest BCUT2D eigenvalue weighted by atomic mass is 79.9. The van der Waals surface area contributed by atoms with Crippen molar-refractivity contribution in [1.29, 1.82) is 0 Å². The summed E-state index contributed by atoms with van der Waals surface area (Å²) >= 11 is 15.2. The number of hydrogen-bond donors (Lipinski definition) is 0. The molecule has 1 aliphatic heterocycles. The fraction of sp³-hybridized carbons (Fsp3) is 0.120. The van der Waals surface area contributed by atoms with Crippen molar-refractivity contribution >= 4 is 57.0 Å². The molecule has 1 unspecified atom stereocenters. The van der Waals surface area contributed by atoms with Gasteiger partial charge in [0.25, 0.3) is 11.8 Å². The van der Waals surface area contributed by atoms with Crippen LogP contribution >= 0.6 is 39.1 Å². The number of allylic oxidation sites excluding steroid dienone is 1. The van der Waals surface area contributed by atoms with Crippen molar-refractivity contribution in [3.05, 3.63) is 109 Å². The molecule has 3 aromatic carbocycles. The summed E-state index contributed by atoms with van der Waals surface area (Å²) in [5.74, 6) is -2.67. The van der Waals surface area contributed by atoms with Gasteiger partial charge in [-0.2, -0.15) is 13.2 Å². The topological polar surface area (TPSA) is 37.4 Å². The SMILES string of the molecule is O=C1c2ccccc2C(=O)N1Cc1ccc(C=CC(c2cc(Cl)cc(Cl)c2)C(F)(F)F)cc1Br. The number of imide groups is 1. The molecule has 2 amide bonds. The van der Waals surface area contributed by atoms with Crippen LogP contribution in [0.1, 0.15) is 43.3 Å². The summed E-state index contributed by atoms with van der Waals surface area (Å²) in [7, 11) is 0. The summed E-state index contributed by atoms with van der Waals surface area (Å²) in [5.41, 5.74) is 1.77. The van der Waals surface area contributed by atoms with Crippen LogP contribution in [0.5, 0.6) is 0 Å². The van der Waals surface area contributed by atoms with Gasteiger partial charge in [0.15, 0.2) is 0 Å². The van der Waals surface area contributed by atoms with Gasteiger partial charge in [0.2, 0.25) is 0 Å². The minimum atomic E-state index is -4.55. The lowest BCUT2D eigenvalue weighted by atomic mass is 9.97. The molecule has 0 saturated heterocycles. The molecular weight excluding hydrogens is 554 g/mol. The number of carbonyl (C=O) groups excluding carboxylic acids is 2. The maximum absolute atomic E-state index is 13.7. The predicted molar refractivity (Wildman–Crippen MR) is 129 cm³/mol. The summed E-state index contributed by atoms with van der Waals surface area (Å²) < 4.78 is 41.7. The van der Waals surface area contributed by atoms with Gasteiger partial charge in [0, 0.05) is 14.5 Å². The fourth-order valence-electron chi connectivity index (χ4n) is 3.72. The molecule has 0 N–H and O–H groups in total. The number of halogens is 6. The van der Waals surface area contributed by atoms with E-state index in [1.165, 1.54) is 24.3 Å². The Morgan fingerprint density at radius 2 is 1.50 bits per heavy atom. The molecule has 0 spiro atoms. The van der Waals surface area contributed by atoms with Gasteiger partial charge in [-0.1, -0.05) is 75.5 Å². The molecule has 1 atom stereocenters. The summed E-state index contributed by atoms with van der Waals surface area (Å²) in [6, 6.07) is 15.3. The summed E-state index contributed by atoms with van der Waals surface area (Å²) in [5, 5.41) is 0.232. The van der Waals surface area contributed by atoms with E-state index in [-0.39, 0.29) is 34.0 Å². The van der Waals surface area contributed by atoms with E-state index in [1.807, 2.05) is 0 Å². The maximum atomic E-state index is 13.7. The van der Waals surface area contributed by atoms with Gasteiger partial charge < -0.3 is 0 Å². The second-order valence-electron chi connectivity index (χ2n) is 7.67. The average Bonchev–Trinajstić information content (AvgIpc) is 2.99. The zero-order valence-corrected chi connectivity index (χ0v) is 20.3. The number of amides is 2. The Bertz CT molecular complexity index is 1270. The molecule has 0 aliphatic carbocycles. The van der Waals surface area contributed by atoms with Crippen LogP contribution in [0.4, 0.5) is 13.2 Å². The van der Waals surface area contributed by atoms with Crippen LogP contribution in [0.15, 0.2) is 71.2 Å². The van der Waals surface area contributed by atoms with Crippen LogP contribution in [0, 0.1) is 0 Å². The van der Waals surface area contributed by atoms with E-state index in [4.69, 9.17) is 23.2 Å². The molecule has 3 aromatic rings. The van der Waals surface area contributed by atoms with E-state index in [9.17, 15) is 22.8 Å². The second-order valence-corrected chi connectivity index (χ2v) is 9.40. The molecule has 1 aliphatic rings. The smallest absolute Gasteiger partial charge is 0.270 e.